The van der Waals surface area contributed by atoms with E-state index in [1.807, 2.05) is 24.3 Å². The Morgan fingerprint density at radius 1 is 1.32 bits per heavy atom. The van der Waals surface area contributed by atoms with Gasteiger partial charge in [-0.3, -0.25) is 10.1 Å². The summed E-state index contributed by atoms with van der Waals surface area (Å²) in [5.74, 6) is 0.578. The Hall–Kier alpha value is -2.27. The molecule has 0 saturated carbocycles. The summed E-state index contributed by atoms with van der Waals surface area (Å²) in [4.78, 5) is 4.30. The molecule has 3 rings (SSSR count). The number of nitrogens with zero attached hydrogens (tertiary/aromatic N) is 2. The van der Waals surface area contributed by atoms with Gasteiger partial charge in [0, 0.05) is 34.4 Å². The van der Waals surface area contributed by atoms with Crippen molar-refractivity contribution in [3.63, 3.8) is 0 Å². The highest BCUT2D eigenvalue weighted by atomic mass is 35.5. The Morgan fingerprint density at radius 2 is 2.21 bits per heavy atom. The van der Waals surface area contributed by atoms with E-state index in [0.29, 0.717) is 17.4 Å². The number of anilines is 2. The average Bonchev–Trinajstić information content (AvgIpc) is 2.81. The van der Waals surface area contributed by atoms with Crippen LogP contribution in [0.5, 0.6) is 0 Å². The molecule has 0 unspecified atom stereocenters. The lowest BCUT2D eigenvalue weighted by atomic mass is 10.2. The zero-order chi connectivity index (χ0) is 13.2. The van der Waals surface area contributed by atoms with E-state index in [9.17, 15) is 0 Å². The second kappa shape index (κ2) is 4.78. The molecule has 6 heteroatoms. The van der Waals surface area contributed by atoms with Crippen molar-refractivity contribution in [2.24, 2.45) is 0 Å². The SMILES string of the molecule is Nc1[nH]ncc1CNc1ccnc2cc(Cl)ccc12. The van der Waals surface area contributed by atoms with E-state index in [0.717, 1.165) is 22.2 Å². The summed E-state index contributed by atoms with van der Waals surface area (Å²) < 4.78 is 0. The molecule has 0 aliphatic carbocycles. The van der Waals surface area contributed by atoms with Crippen molar-refractivity contribution in [1.82, 2.24) is 15.2 Å². The monoisotopic (exact) mass is 273 g/mol. The van der Waals surface area contributed by atoms with E-state index in [1.54, 1.807) is 12.4 Å². The fourth-order valence-electron chi connectivity index (χ4n) is 1.93. The van der Waals surface area contributed by atoms with Crippen LogP contribution in [0.3, 0.4) is 0 Å². The predicted octanol–water partition coefficient (Wildman–Crippen LogP) is 2.81. The smallest absolute Gasteiger partial charge is 0.123 e. The number of nitrogens with one attached hydrogen (secondary N) is 2. The van der Waals surface area contributed by atoms with E-state index < -0.39 is 0 Å². The first-order valence-electron chi connectivity index (χ1n) is 5.80. The van der Waals surface area contributed by atoms with Gasteiger partial charge in [0.15, 0.2) is 0 Å². The second-order valence-electron chi connectivity index (χ2n) is 4.18. The van der Waals surface area contributed by atoms with Crippen molar-refractivity contribution in [2.45, 2.75) is 6.54 Å². The first-order valence-corrected chi connectivity index (χ1v) is 6.18. The average molecular weight is 274 g/mol. The van der Waals surface area contributed by atoms with Gasteiger partial charge in [-0.2, -0.15) is 5.10 Å². The molecular formula is C13H12ClN5. The van der Waals surface area contributed by atoms with E-state index in [1.165, 1.54) is 0 Å². The maximum absolute atomic E-state index is 5.96. The maximum atomic E-state index is 5.96. The number of nitrogen functional groups attached to an aromatic ring is 1. The van der Waals surface area contributed by atoms with Crippen LogP contribution >= 0.6 is 11.6 Å². The number of nitrogens with two attached hydrogens (primary N) is 1. The van der Waals surface area contributed by atoms with Gasteiger partial charge in [0.2, 0.25) is 0 Å². The summed E-state index contributed by atoms with van der Waals surface area (Å²) in [6.45, 7) is 0.601. The molecule has 2 heterocycles. The lowest BCUT2D eigenvalue weighted by Gasteiger charge is -2.09. The Labute approximate surface area is 114 Å². The Morgan fingerprint density at radius 3 is 3.00 bits per heavy atom. The van der Waals surface area contributed by atoms with Crippen molar-refractivity contribution >= 4 is 34.0 Å². The highest BCUT2D eigenvalue weighted by Crippen LogP contribution is 2.25. The highest BCUT2D eigenvalue weighted by molar-refractivity contribution is 6.31. The molecule has 0 aliphatic heterocycles. The molecule has 0 amide bonds. The molecule has 0 radical (unpaired) electrons. The Kier molecular flexibility index (Phi) is 2.97. The third-order valence-corrected chi connectivity index (χ3v) is 3.16. The lowest BCUT2D eigenvalue weighted by molar-refractivity contribution is 1.10. The van der Waals surface area contributed by atoms with Crippen LogP contribution in [0.1, 0.15) is 5.56 Å². The van der Waals surface area contributed by atoms with Crippen LogP contribution in [-0.2, 0) is 6.54 Å². The molecule has 1 aromatic carbocycles. The maximum Gasteiger partial charge on any atom is 0.123 e. The topological polar surface area (TPSA) is 79.6 Å². The van der Waals surface area contributed by atoms with Gasteiger partial charge in [0.25, 0.3) is 0 Å². The second-order valence-corrected chi connectivity index (χ2v) is 4.62. The van der Waals surface area contributed by atoms with Crippen LogP contribution in [-0.4, -0.2) is 15.2 Å². The fraction of sp³-hybridized carbons (Fsp3) is 0.0769. The zero-order valence-corrected chi connectivity index (χ0v) is 10.8. The van der Waals surface area contributed by atoms with Crippen LogP contribution in [0.25, 0.3) is 10.9 Å². The van der Waals surface area contributed by atoms with Gasteiger partial charge in [0.05, 0.1) is 11.7 Å². The van der Waals surface area contributed by atoms with Crippen LogP contribution in [0.2, 0.25) is 5.02 Å². The quantitative estimate of drug-likeness (QED) is 0.685. The molecule has 19 heavy (non-hydrogen) atoms. The summed E-state index contributed by atoms with van der Waals surface area (Å²) in [5.41, 5.74) is 8.53. The van der Waals surface area contributed by atoms with Gasteiger partial charge >= 0.3 is 0 Å². The van der Waals surface area contributed by atoms with E-state index in [4.69, 9.17) is 17.3 Å². The number of halogens is 1. The standard InChI is InChI=1S/C13H12ClN5/c14-9-1-2-10-11(3-4-16-12(10)5-9)17-6-8-7-18-19-13(8)15/h1-5,7H,6H2,(H,16,17)(H3,15,18,19). The minimum absolute atomic E-state index is 0.578. The van der Waals surface area contributed by atoms with Crippen molar-refractivity contribution in [3.8, 4) is 0 Å². The molecule has 96 valence electrons. The number of hydrogen-bond donors (Lipinski definition) is 3. The summed E-state index contributed by atoms with van der Waals surface area (Å²) in [7, 11) is 0. The van der Waals surface area contributed by atoms with Gasteiger partial charge in [-0.05, 0) is 24.3 Å². The van der Waals surface area contributed by atoms with Crippen LogP contribution in [0.15, 0.2) is 36.7 Å². The fourth-order valence-corrected chi connectivity index (χ4v) is 2.09. The van der Waals surface area contributed by atoms with E-state index in [2.05, 4.69) is 20.5 Å². The highest BCUT2D eigenvalue weighted by Gasteiger charge is 2.04. The van der Waals surface area contributed by atoms with E-state index in [-0.39, 0.29) is 0 Å². The first kappa shape index (κ1) is 11.8. The number of rotatable bonds is 3. The molecule has 0 spiro atoms. The molecule has 0 fully saturated rings. The van der Waals surface area contributed by atoms with Crippen LogP contribution < -0.4 is 11.1 Å². The summed E-state index contributed by atoms with van der Waals surface area (Å²) >= 11 is 5.96. The summed E-state index contributed by atoms with van der Waals surface area (Å²) in [6.07, 6.45) is 3.46. The van der Waals surface area contributed by atoms with Crippen molar-refractivity contribution in [3.05, 3.63) is 47.2 Å². The van der Waals surface area contributed by atoms with Gasteiger partial charge in [0.1, 0.15) is 5.82 Å². The molecule has 0 bridgehead atoms. The summed E-state index contributed by atoms with van der Waals surface area (Å²) in [6, 6.07) is 7.56. The number of H-pyrrole nitrogens is 1. The molecule has 0 atom stereocenters. The van der Waals surface area contributed by atoms with Crippen molar-refractivity contribution in [1.29, 1.82) is 0 Å². The van der Waals surface area contributed by atoms with Crippen molar-refractivity contribution < 1.29 is 0 Å². The zero-order valence-electron chi connectivity index (χ0n) is 10.0. The number of fused-ring (bicyclic) bond motifs is 1. The number of aromatic amines is 1. The number of benzene rings is 1. The molecule has 4 N–H and O–H groups in total. The number of pyridine rings is 1. The molecular weight excluding hydrogens is 262 g/mol. The first-order chi connectivity index (χ1) is 9.24. The normalized spacial score (nSPS) is 10.8. The molecule has 3 aromatic rings. The lowest BCUT2D eigenvalue weighted by Crippen LogP contribution is -2.02. The van der Waals surface area contributed by atoms with Gasteiger partial charge in [-0.25, -0.2) is 0 Å². The Balaban J connectivity index is 1.91. The van der Waals surface area contributed by atoms with Crippen LogP contribution in [0.4, 0.5) is 11.5 Å². The molecule has 0 aliphatic rings. The number of hydrogen-bond acceptors (Lipinski definition) is 4. The van der Waals surface area contributed by atoms with Gasteiger partial charge < -0.3 is 11.1 Å². The molecule has 5 nitrogen and oxygen atoms in total. The van der Waals surface area contributed by atoms with Gasteiger partial charge in [-0.15, -0.1) is 0 Å². The molecule has 2 aromatic heterocycles. The van der Waals surface area contributed by atoms with E-state index >= 15 is 0 Å². The number of aromatic nitrogens is 3. The predicted molar refractivity (Wildman–Crippen MR) is 77.1 cm³/mol. The largest absolute Gasteiger partial charge is 0.384 e. The van der Waals surface area contributed by atoms with Gasteiger partial charge in [-0.1, -0.05) is 11.6 Å². The minimum atomic E-state index is 0.578. The summed E-state index contributed by atoms with van der Waals surface area (Å²) in [5, 5.41) is 11.6. The van der Waals surface area contributed by atoms with Crippen LogP contribution in [0, 0.1) is 0 Å². The third kappa shape index (κ3) is 2.32. The molecule has 0 saturated heterocycles. The van der Waals surface area contributed by atoms with Crippen molar-refractivity contribution in [2.75, 3.05) is 11.1 Å². The Bertz CT molecular complexity index is 722. The third-order valence-electron chi connectivity index (χ3n) is 2.93. The minimum Gasteiger partial charge on any atom is -0.384 e.